The Kier molecular flexibility index (Phi) is 5.27. The number of hydrogen-bond acceptors (Lipinski definition) is 6. The number of nitrogens with zero attached hydrogens (tertiary/aromatic N) is 3. The summed E-state index contributed by atoms with van der Waals surface area (Å²) in [5.74, 6) is 0.812. The maximum absolute atomic E-state index is 12.2. The first-order valence-electron chi connectivity index (χ1n) is 7.77. The fourth-order valence-corrected chi connectivity index (χ4v) is 3.27. The molecule has 3 rings (SSSR count). The molecule has 1 fully saturated rings. The average molecular weight is 348 g/mol. The van der Waals surface area contributed by atoms with E-state index in [2.05, 4.69) is 15.5 Å². The van der Waals surface area contributed by atoms with Gasteiger partial charge in [-0.25, -0.2) is 4.79 Å². The van der Waals surface area contributed by atoms with E-state index < -0.39 is 0 Å². The lowest BCUT2D eigenvalue weighted by molar-refractivity contribution is -0.00138. The van der Waals surface area contributed by atoms with Gasteiger partial charge >= 0.3 is 6.03 Å². The van der Waals surface area contributed by atoms with E-state index >= 15 is 0 Å². The number of nitrogens with one attached hydrogen (secondary N) is 1. The summed E-state index contributed by atoms with van der Waals surface area (Å²) in [7, 11) is 1.64. The molecular weight excluding hydrogens is 328 g/mol. The Morgan fingerprint density at radius 1 is 1.50 bits per heavy atom. The van der Waals surface area contributed by atoms with Crippen molar-refractivity contribution in [3.63, 3.8) is 0 Å². The third-order valence-electron chi connectivity index (χ3n) is 3.70. The normalized spacial score (nSPS) is 17.6. The van der Waals surface area contributed by atoms with Gasteiger partial charge in [0.25, 0.3) is 0 Å². The molecule has 1 N–H and O–H groups in total. The SMILES string of the molecule is COc1cccc(Cc2nnc(NC(=O)N3CCO[C@@H](C)C3)s2)c1. The van der Waals surface area contributed by atoms with Crippen LogP contribution in [0.5, 0.6) is 5.75 Å². The predicted molar refractivity (Wildman–Crippen MR) is 91.7 cm³/mol. The van der Waals surface area contributed by atoms with E-state index in [9.17, 15) is 4.79 Å². The second kappa shape index (κ2) is 7.59. The minimum absolute atomic E-state index is 0.0579. The van der Waals surface area contributed by atoms with Gasteiger partial charge in [0.2, 0.25) is 5.13 Å². The van der Waals surface area contributed by atoms with E-state index in [1.165, 1.54) is 11.3 Å². The van der Waals surface area contributed by atoms with Crippen LogP contribution >= 0.6 is 11.3 Å². The Balaban J connectivity index is 1.59. The summed E-state index contributed by atoms with van der Waals surface area (Å²) in [5.41, 5.74) is 1.09. The molecule has 24 heavy (non-hydrogen) atoms. The largest absolute Gasteiger partial charge is 0.497 e. The van der Waals surface area contributed by atoms with Gasteiger partial charge in [-0.05, 0) is 24.6 Å². The van der Waals surface area contributed by atoms with Crippen LogP contribution in [0.1, 0.15) is 17.5 Å². The third-order valence-corrected chi connectivity index (χ3v) is 4.54. The van der Waals surface area contributed by atoms with Crippen LogP contribution in [0.3, 0.4) is 0 Å². The lowest BCUT2D eigenvalue weighted by Crippen LogP contribution is -2.46. The van der Waals surface area contributed by atoms with Gasteiger partial charge in [0.05, 0.1) is 19.8 Å². The highest BCUT2D eigenvalue weighted by molar-refractivity contribution is 7.15. The minimum atomic E-state index is -0.158. The predicted octanol–water partition coefficient (Wildman–Crippen LogP) is 2.39. The van der Waals surface area contributed by atoms with Crippen molar-refractivity contribution in [3.05, 3.63) is 34.8 Å². The molecule has 1 aromatic heterocycles. The number of carbonyl (C=O) groups is 1. The molecule has 1 aromatic carbocycles. The molecular formula is C16H20N4O3S. The minimum Gasteiger partial charge on any atom is -0.497 e. The van der Waals surface area contributed by atoms with Crippen molar-refractivity contribution in [2.75, 3.05) is 32.1 Å². The van der Waals surface area contributed by atoms with Crippen LogP contribution in [0.15, 0.2) is 24.3 Å². The van der Waals surface area contributed by atoms with Crippen molar-refractivity contribution < 1.29 is 14.3 Å². The van der Waals surface area contributed by atoms with Crippen molar-refractivity contribution in [3.8, 4) is 5.75 Å². The van der Waals surface area contributed by atoms with Crippen LogP contribution in [0.2, 0.25) is 0 Å². The molecule has 1 aliphatic rings. The molecule has 0 saturated carbocycles. The Labute approximate surface area is 144 Å². The van der Waals surface area contributed by atoms with E-state index in [-0.39, 0.29) is 12.1 Å². The Bertz CT molecular complexity index is 706. The van der Waals surface area contributed by atoms with Crippen molar-refractivity contribution >= 4 is 22.5 Å². The number of rotatable bonds is 4. The summed E-state index contributed by atoms with van der Waals surface area (Å²) in [6.07, 6.45) is 0.710. The third kappa shape index (κ3) is 4.21. The van der Waals surface area contributed by atoms with Gasteiger partial charge in [-0.15, -0.1) is 10.2 Å². The highest BCUT2D eigenvalue weighted by Gasteiger charge is 2.22. The Morgan fingerprint density at radius 2 is 2.38 bits per heavy atom. The first kappa shape index (κ1) is 16.7. The highest BCUT2D eigenvalue weighted by atomic mass is 32.1. The van der Waals surface area contributed by atoms with Crippen LogP contribution < -0.4 is 10.1 Å². The molecule has 7 nitrogen and oxygen atoms in total. The van der Waals surface area contributed by atoms with Crippen LogP contribution in [0.25, 0.3) is 0 Å². The summed E-state index contributed by atoms with van der Waals surface area (Å²) < 4.78 is 10.7. The molecule has 1 saturated heterocycles. The second-order valence-corrected chi connectivity index (χ2v) is 6.65. The van der Waals surface area contributed by atoms with Crippen molar-refractivity contribution in [1.29, 1.82) is 0 Å². The highest BCUT2D eigenvalue weighted by Crippen LogP contribution is 2.21. The number of hydrogen-bond donors (Lipinski definition) is 1. The molecule has 0 unspecified atom stereocenters. The maximum Gasteiger partial charge on any atom is 0.323 e. The molecule has 0 radical (unpaired) electrons. The standard InChI is InChI=1S/C16H20N4O3S/c1-11-10-20(6-7-23-11)16(21)17-15-19-18-14(24-15)9-12-4-3-5-13(8-12)22-2/h3-5,8,11H,6-7,9-10H2,1-2H3,(H,17,19,21)/t11-/m0/s1. The monoisotopic (exact) mass is 348 g/mol. The number of amides is 2. The zero-order valence-electron chi connectivity index (χ0n) is 13.7. The molecule has 1 aliphatic heterocycles. The van der Waals surface area contributed by atoms with Gasteiger partial charge in [0, 0.05) is 19.5 Å². The first-order chi connectivity index (χ1) is 11.6. The van der Waals surface area contributed by atoms with E-state index in [0.717, 1.165) is 16.3 Å². The van der Waals surface area contributed by atoms with Gasteiger partial charge in [-0.3, -0.25) is 5.32 Å². The number of urea groups is 1. The number of anilines is 1. The molecule has 128 valence electrons. The molecule has 2 aromatic rings. The van der Waals surface area contributed by atoms with Gasteiger partial charge in [-0.2, -0.15) is 0 Å². The molecule has 0 bridgehead atoms. The second-order valence-electron chi connectivity index (χ2n) is 5.59. The fourth-order valence-electron chi connectivity index (χ4n) is 2.51. The average Bonchev–Trinajstić information content (AvgIpc) is 3.02. The van der Waals surface area contributed by atoms with E-state index in [4.69, 9.17) is 9.47 Å². The van der Waals surface area contributed by atoms with E-state index in [1.807, 2.05) is 31.2 Å². The number of carbonyl (C=O) groups excluding carboxylic acids is 1. The van der Waals surface area contributed by atoms with Gasteiger partial charge in [0.1, 0.15) is 10.8 Å². The van der Waals surface area contributed by atoms with Crippen LogP contribution in [0, 0.1) is 0 Å². The number of morpholine rings is 1. The van der Waals surface area contributed by atoms with Crippen LogP contribution in [0.4, 0.5) is 9.93 Å². The number of methoxy groups -OCH3 is 1. The number of benzene rings is 1. The molecule has 0 spiro atoms. The van der Waals surface area contributed by atoms with Gasteiger partial charge < -0.3 is 14.4 Å². The molecule has 0 aliphatic carbocycles. The molecule has 1 atom stereocenters. The van der Waals surface area contributed by atoms with Gasteiger partial charge in [0.15, 0.2) is 0 Å². The maximum atomic E-state index is 12.2. The first-order valence-corrected chi connectivity index (χ1v) is 8.58. The van der Waals surface area contributed by atoms with Crippen molar-refractivity contribution in [1.82, 2.24) is 15.1 Å². The van der Waals surface area contributed by atoms with E-state index in [0.29, 0.717) is 31.2 Å². The lowest BCUT2D eigenvalue weighted by atomic mass is 10.1. The summed E-state index contributed by atoms with van der Waals surface area (Å²) >= 11 is 1.38. The zero-order chi connectivity index (χ0) is 16.9. The molecule has 8 heteroatoms. The summed E-state index contributed by atoms with van der Waals surface area (Å²) in [4.78, 5) is 14.0. The smallest absolute Gasteiger partial charge is 0.323 e. The molecule has 2 heterocycles. The summed E-state index contributed by atoms with van der Waals surface area (Å²) in [5, 5.41) is 12.4. The Morgan fingerprint density at radius 3 is 3.17 bits per heavy atom. The fraction of sp³-hybridized carbons (Fsp3) is 0.438. The lowest BCUT2D eigenvalue weighted by Gasteiger charge is -2.30. The quantitative estimate of drug-likeness (QED) is 0.918. The van der Waals surface area contributed by atoms with Crippen molar-refractivity contribution in [2.45, 2.75) is 19.4 Å². The summed E-state index contributed by atoms with van der Waals surface area (Å²) in [6, 6.07) is 7.66. The number of ether oxygens (including phenoxy) is 2. The van der Waals surface area contributed by atoms with Gasteiger partial charge in [-0.1, -0.05) is 23.5 Å². The number of aromatic nitrogens is 2. The van der Waals surface area contributed by atoms with E-state index in [1.54, 1.807) is 12.0 Å². The Hall–Kier alpha value is -2.19. The summed E-state index contributed by atoms with van der Waals surface area (Å²) in [6.45, 7) is 3.69. The molecule has 2 amide bonds. The zero-order valence-corrected chi connectivity index (χ0v) is 14.5. The topological polar surface area (TPSA) is 76.6 Å². The van der Waals surface area contributed by atoms with Crippen LogP contribution in [-0.4, -0.2) is 54.0 Å². The van der Waals surface area contributed by atoms with Crippen molar-refractivity contribution in [2.24, 2.45) is 0 Å². The van der Waals surface area contributed by atoms with Crippen LogP contribution in [-0.2, 0) is 11.2 Å².